The lowest BCUT2D eigenvalue weighted by Crippen LogP contribution is -2.12. The third-order valence-electron chi connectivity index (χ3n) is 3.37. The van der Waals surface area contributed by atoms with Gasteiger partial charge in [0.05, 0.1) is 13.0 Å². The van der Waals surface area contributed by atoms with Gasteiger partial charge in [0.15, 0.2) is 0 Å². The van der Waals surface area contributed by atoms with E-state index < -0.39 is 5.97 Å². The molecule has 1 aromatic rings. The summed E-state index contributed by atoms with van der Waals surface area (Å²) in [7, 11) is 1.63. The second-order valence-electron chi connectivity index (χ2n) is 4.72. The van der Waals surface area contributed by atoms with Crippen LogP contribution in [0.5, 0.6) is 5.75 Å². The van der Waals surface area contributed by atoms with Crippen molar-refractivity contribution in [3.63, 3.8) is 0 Å². The molecule has 1 aromatic carbocycles. The average molecular weight is 250 g/mol. The Hall–Kier alpha value is -1.55. The Morgan fingerprint density at radius 1 is 1.28 bits per heavy atom. The molecule has 0 amide bonds. The molecule has 1 fully saturated rings. The van der Waals surface area contributed by atoms with Crippen LogP contribution in [-0.4, -0.2) is 31.4 Å². The summed E-state index contributed by atoms with van der Waals surface area (Å²) in [5, 5.41) is 8.91. The first-order valence-corrected chi connectivity index (χ1v) is 6.10. The van der Waals surface area contributed by atoms with E-state index in [0.717, 1.165) is 24.2 Å². The maximum absolute atomic E-state index is 10.8. The fraction of sp³-hybridized carbons (Fsp3) is 0.500. The second-order valence-corrected chi connectivity index (χ2v) is 4.72. The van der Waals surface area contributed by atoms with Crippen LogP contribution in [0, 0.1) is 0 Å². The fourth-order valence-corrected chi connectivity index (χ4v) is 2.16. The molecule has 98 valence electrons. The van der Waals surface area contributed by atoms with Crippen molar-refractivity contribution in [1.29, 1.82) is 0 Å². The molecule has 0 saturated heterocycles. The maximum Gasteiger partial charge on any atom is 0.304 e. The highest BCUT2D eigenvalue weighted by atomic mass is 16.5. The molecular weight excluding hydrogens is 232 g/mol. The predicted octanol–water partition coefficient (Wildman–Crippen LogP) is 2.22. The van der Waals surface area contributed by atoms with Crippen LogP contribution in [0.15, 0.2) is 24.3 Å². The molecule has 0 unspecified atom stereocenters. The van der Waals surface area contributed by atoms with Gasteiger partial charge in [0.2, 0.25) is 0 Å². The van der Waals surface area contributed by atoms with Gasteiger partial charge in [-0.05, 0) is 30.5 Å². The Balaban J connectivity index is 1.97. The van der Waals surface area contributed by atoms with Crippen molar-refractivity contribution in [2.45, 2.75) is 24.7 Å². The molecule has 0 heterocycles. The Kier molecular flexibility index (Phi) is 3.87. The third-order valence-corrected chi connectivity index (χ3v) is 3.37. The van der Waals surface area contributed by atoms with E-state index >= 15 is 0 Å². The standard InChI is InChI=1S/C14H18O4/c1-17-8-9-18-12-4-2-11(3-5-12)14(6-7-14)10-13(15)16/h2-5H,6-10H2,1H3,(H,15,16). The number of hydrogen-bond donors (Lipinski definition) is 1. The predicted molar refractivity (Wildman–Crippen MR) is 67.0 cm³/mol. The Morgan fingerprint density at radius 3 is 2.44 bits per heavy atom. The minimum Gasteiger partial charge on any atom is -0.491 e. The molecular formula is C14H18O4. The van der Waals surface area contributed by atoms with Crippen LogP contribution in [0.25, 0.3) is 0 Å². The maximum atomic E-state index is 10.8. The van der Waals surface area contributed by atoms with Crippen LogP contribution >= 0.6 is 0 Å². The van der Waals surface area contributed by atoms with Gasteiger partial charge in [0, 0.05) is 12.5 Å². The van der Waals surface area contributed by atoms with Crippen LogP contribution in [0.1, 0.15) is 24.8 Å². The minimum absolute atomic E-state index is 0.128. The van der Waals surface area contributed by atoms with Gasteiger partial charge in [-0.15, -0.1) is 0 Å². The summed E-state index contributed by atoms with van der Waals surface area (Å²) in [6.07, 6.45) is 2.14. The third kappa shape index (κ3) is 3.01. The molecule has 0 aromatic heterocycles. The van der Waals surface area contributed by atoms with Gasteiger partial charge in [-0.2, -0.15) is 0 Å². The van der Waals surface area contributed by atoms with Crippen LogP contribution < -0.4 is 4.74 Å². The van der Waals surface area contributed by atoms with E-state index in [1.165, 1.54) is 0 Å². The largest absolute Gasteiger partial charge is 0.491 e. The average Bonchev–Trinajstić information content (AvgIpc) is 3.10. The van der Waals surface area contributed by atoms with Crippen molar-refractivity contribution in [2.24, 2.45) is 0 Å². The summed E-state index contributed by atoms with van der Waals surface area (Å²) in [5.41, 5.74) is 0.973. The number of rotatable bonds is 7. The zero-order valence-electron chi connectivity index (χ0n) is 10.5. The second kappa shape index (κ2) is 5.40. The zero-order chi connectivity index (χ0) is 13.0. The van der Waals surface area contributed by atoms with E-state index in [0.29, 0.717) is 13.2 Å². The molecule has 1 aliphatic carbocycles. The summed E-state index contributed by atoms with van der Waals surface area (Å²) in [4.78, 5) is 10.8. The van der Waals surface area contributed by atoms with Crippen molar-refractivity contribution in [3.05, 3.63) is 29.8 Å². The molecule has 18 heavy (non-hydrogen) atoms. The quantitative estimate of drug-likeness (QED) is 0.754. The molecule has 0 spiro atoms. The molecule has 1 N–H and O–H groups in total. The van der Waals surface area contributed by atoms with E-state index in [4.69, 9.17) is 14.6 Å². The number of aliphatic carboxylic acids is 1. The lowest BCUT2D eigenvalue weighted by Gasteiger charge is -2.13. The van der Waals surface area contributed by atoms with Crippen molar-refractivity contribution in [3.8, 4) is 5.75 Å². The van der Waals surface area contributed by atoms with Gasteiger partial charge in [0.25, 0.3) is 0 Å². The van der Waals surface area contributed by atoms with Crippen LogP contribution in [0.4, 0.5) is 0 Å². The van der Waals surface area contributed by atoms with E-state index in [1.54, 1.807) is 7.11 Å². The number of methoxy groups -OCH3 is 1. The molecule has 0 aliphatic heterocycles. The highest BCUT2D eigenvalue weighted by Gasteiger charge is 2.45. The van der Waals surface area contributed by atoms with E-state index in [1.807, 2.05) is 24.3 Å². The lowest BCUT2D eigenvalue weighted by atomic mass is 9.92. The first kappa shape index (κ1) is 12.9. The van der Waals surface area contributed by atoms with E-state index in [9.17, 15) is 4.79 Å². The first-order valence-electron chi connectivity index (χ1n) is 6.10. The molecule has 1 saturated carbocycles. The molecule has 1 aliphatic rings. The van der Waals surface area contributed by atoms with E-state index in [2.05, 4.69) is 0 Å². The molecule has 0 bridgehead atoms. The summed E-state index contributed by atoms with van der Waals surface area (Å²) < 4.78 is 10.4. The van der Waals surface area contributed by atoms with Crippen LogP contribution in [0.2, 0.25) is 0 Å². The van der Waals surface area contributed by atoms with Gasteiger partial charge in [0.1, 0.15) is 12.4 Å². The van der Waals surface area contributed by atoms with Crippen LogP contribution in [0.3, 0.4) is 0 Å². The van der Waals surface area contributed by atoms with E-state index in [-0.39, 0.29) is 11.8 Å². The Labute approximate surface area is 107 Å². The number of ether oxygens (including phenoxy) is 2. The highest BCUT2D eigenvalue weighted by molar-refractivity contribution is 5.70. The van der Waals surface area contributed by atoms with Crippen molar-refractivity contribution in [2.75, 3.05) is 20.3 Å². The topological polar surface area (TPSA) is 55.8 Å². The van der Waals surface area contributed by atoms with Crippen LogP contribution in [-0.2, 0) is 14.9 Å². The molecule has 2 rings (SSSR count). The van der Waals surface area contributed by atoms with Gasteiger partial charge >= 0.3 is 5.97 Å². The molecule has 4 nitrogen and oxygen atoms in total. The smallest absolute Gasteiger partial charge is 0.304 e. The SMILES string of the molecule is COCCOc1ccc(C2(CC(=O)O)CC2)cc1. The number of carboxylic acid groups (broad SMARTS) is 1. The number of carbonyl (C=O) groups is 1. The van der Waals surface area contributed by atoms with Crippen molar-refractivity contribution < 1.29 is 19.4 Å². The first-order chi connectivity index (χ1) is 8.66. The number of carboxylic acids is 1. The number of hydrogen-bond acceptors (Lipinski definition) is 3. The molecule has 0 radical (unpaired) electrons. The molecule has 0 atom stereocenters. The zero-order valence-corrected chi connectivity index (χ0v) is 10.5. The Morgan fingerprint density at radius 2 is 1.94 bits per heavy atom. The summed E-state index contributed by atoms with van der Waals surface area (Å²) in [6, 6.07) is 7.73. The lowest BCUT2D eigenvalue weighted by molar-refractivity contribution is -0.137. The van der Waals surface area contributed by atoms with Gasteiger partial charge in [-0.25, -0.2) is 0 Å². The fourth-order valence-electron chi connectivity index (χ4n) is 2.16. The summed E-state index contributed by atoms with van der Waals surface area (Å²) >= 11 is 0. The molecule has 4 heteroatoms. The normalized spacial score (nSPS) is 16.3. The van der Waals surface area contributed by atoms with Gasteiger partial charge < -0.3 is 14.6 Å². The van der Waals surface area contributed by atoms with Crippen molar-refractivity contribution in [1.82, 2.24) is 0 Å². The van der Waals surface area contributed by atoms with Gasteiger partial charge in [-0.3, -0.25) is 4.79 Å². The summed E-state index contributed by atoms with van der Waals surface area (Å²) in [5.74, 6) is 0.0647. The monoisotopic (exact) mass is 250 g/mol. The highest BCUT2D eigenvalue weighted by Crippen LogP contribution is 2.51. The van der Waals surface area contributed by atoms with Gasteiger partial charge in [-0.1, -0.05) is 12.1 Å². The Bertz CT molecular complexity index is 406. The minimum atomic E-state index is -0.729. The number of benzene rings is 1. The van der Waals surface area contributed by atoms with Crippen molar-refractivity contribution >= 4 is 5.97 Å². The summed E-state index contributed by atoms with van der Waals surface area (Å²) in [6.45, 7) is 1.08.